The second-order valence-electron chi connectivity index (χ2n) is 9.81. The van der Waals surface area contributed by atoms with Gasteiger partial charge in [-0.25, -0.2) is 0 Å². The molecule has 4 unspecified atom stereocenters. The molecule has 194 valence electrons. The minimum absolute atomic E-state index is 0.0204. The number of phenols is 6. The molecule has 6 rings (SSSR count). The van der Waals surface area contributed by atoms with Crippen LogP contribution < -0.4 is 9.47 Å². The van der Waals surface area contributed by atoms with Crippen molar-refractivity contribution in [1.29, 1.82) is 0 Å². The summed E-state index contributed by atoms with van der Waals surface area (Å²) in [5, 5.41) is 63.9. The van der Waals surface area contributed by atoms with Crippen LogP contribution in [-0.2, 0) is 0 Å². The Labute approximate surface area is 218 Å². The molecule has 0 aliphatic heterocycles. The van der Waals surface area contributed by atoms with Gasteiger partial charge in [0.25, 0.3) is 0 Å². The largest absolute Gasteiger partial charge is 0.508 e. The standard InChI is InChI=1S/C30H26O8/c1-37-23-7-13(3-5-19(23)33)25-27-17(9-15(31)11-21(27)35)30-26(14-4-6-20(34)24(8-14)38-2)29(25)18-10-16(32)12-22(36)28(18)30/h3-12,25-26,29-36H,1-2H3. The quantitative estimate of drug-likeness (QED) is 0.221. The summed E-state index contributed by atoms with van der Waals surface area (Å²) in [5.41, 5.74) is 3.99. The van der Waals surface area contributed by atoms with Crippen molar-refractivity contribution in [3.63, 3.8) is 0 Å². The Hall–Kier alpha value is -4.72. The van der Waals surface area contributed by atoms with Crippen LogP contribution in [0, 0.1) is 0 Å². The fraction of sp³-hybridized carbons (Fsp3) is 0.200. The molecular formula is C30H26O8. The first kappa shape index (κ1) is 23.7. The summed E-state index contributed by atoms with van der Waals surface area (Å²) in [6.07, 6.45) is 0. The van der Waals surface area contributed by atoms with E-state index in [1.54, 1.807) is 42.5 Å². The lowest BCUT2D eigenvalue weighted by Crippen LogP contribution is -2.26. The van der Waals surface area contributed by atoms with Crippen molar-refractivity contribution in [2.45, 2.75) is 23.7 Å². The number of rotatable bonds is 4. The van der Waals surface area contributed by atoms with Gasteiger partial charge in [0.2, 0.25) is 0 Å². The lowest BCUT2D eigenvalue weighted by molar-refractivity contribution is 0.368. The SMILES string of the molecule is COc1cc(C2c3c(O)cc(O)cc3C3c4c(O)cc(O)cc4C2C3c2ccc(O)c(OC)c2)ccc1O. The molecule has 0 aromatic heterocycles. The van der Waals surface area contributed by atoms with Crippen LogP contribution in [0.1, 0.15) is 57.1 Å². The number of ether oxygens (including phenoxy) is 2. The van der Waals surface area contributed by atoms with Crippen LogP contribution in [0.2, 0.25) is 0 Å². The van der Waals surface area contributed by atoms with Crippen molar-refractivity contribution >= 4 is 0 Å². The van der Waals surface area contributed by atoms with Crippen LogP contribution in [0.25, 0.3) is 0 Å². The molecule has 2 aliphatic carbocycles. The summed E-state index contributed by atoms with van der Waals surface area (Å²) in [6, 6.07) is 15.8. The third-order valence-electron chi connectivity index (χ3n) is 7.92. The maximum absolute atomic E-state index is 11.2. The van der Waals surface area contributed by atoms with E-state index in [1.807, 2.05) is 0 Å². The van der Waals surface area contributed by atoms with E-state index >= 15 is 0 Å². The van der Waals surface area contributed by atoms with Crippen LogP contribution in [0.3, 0.4) is 0 Å². The number of hydrogen-bond donors (Lipinski definition) is 6. The van der Waals surface area contributed by atoms with Gasteiger partial charge in [-0.3, -0.25) is 0 Å². The van der Waals surface area contributed by atoms with Gasteiger partial charge in [-0.1, -0.05) is 12.1 Å². The van der Waals surface area contributed by atoms with Crippen LogP contribution >= 0.6 is 0 Å². The summed E-state index contributed by atoms with van der Waals surface area (Å²) < 4.78 is 10.8. The van der Waals surface area contributed by atoms with Gasteiger partial charge in [-0.05, 0) is 58.7 Å². The van der Waals surface area contributed by atoms with Gasteiger partial charge >= 0.3 is 0 Å². The molecule has 0 fully saturated rings. The maximum atomic E-state index is 11.2. The van der Waals surface area contributed by atoms with Gasteiger partial charge in [0.05, 0.1) is 14.2 Å². The van der Waals surface area contributed by atoms with Crippen LogP contribution in [0.5, 0.6) is 46.0 Å². The summed E-state index contributed by atoms with van der Waals surface area (Å²) in [7, 11) is 2.91. The molecule has 0 radical (unpaired) electrons. The zero-order chi connectivity index (χ0) is 26.9. The topological polar surface area (TPSA) is 140 Å². The average Bonchev–Trinajstić information content (AvgIpc) is 3.15. The fourth-order valence-corrected chi connectivity index (χ4v) is 6.56. The predicted molar refractivity (Wildman–Crippen MR) is 138 cm³/mol. The lowest BCUT2D eigenvalue weighted by atomic mass is 9.63. The monoisotopic (exact) mass is 514 g/mol. The molecule has 4 aromatic rings. The molecule has 0 amide bonds. The van der Waals surface area contributed by atoms with Crippen molar-refractivity contribution in [1.82, 2.24) is 0 Å². The summed E-state index contributed by atoms with van der Waals surface area (Å²) in [4.78, 5) is 0. The molecule has 0 spiro atoms. The predicted octanol–water partition coefficient (Wildman–Crippen LogP) is 5.10. The van der Waals surface area contributed by atoms with Crippen molar-refractivity contribution < 1.29 is 40.1 Å². The van der Waals surface area contributed by atoms with Gasteiger partial charge in [-0.2, -0.15) is 0 Å². The van der Waals surface area contributed by atoms with Crippen molar-refractivity contribution in [2.75, 3.05) is 14.2 Å². The fourth-order valence-electron chi connectivity index (χ4n) is 6.56. The van der Waals surface area contributed by atoms with Crippen molar-refractivity contribution in [2.24, 2.45) is 0 Å². The molecule has 4 atom stereocenters. The Balaban J connectivity index is 1.72. The highest BCUT2D eigenvalue weighted by molar-refractivity contribution is 5.69. The molecule has 4 aromatic carbocycles. The van der Waals surface area contributed by atoms with E-state index in [9.17, 15) is 30.6 Å². The van der Waals surface area contributed by atoms with Gasteiger partial charge in [0.15, 0.2) is 23.0 Å². The smallest absolute Gasteiger partial charge is 0.160 e. The molecule has 38 heavy (non-hydrogen) atoms. The van der Waals surface area contributed by atoms with E-state index < -0.39 is 17.8 Å². The number of fused-ring (bicyclic) bond motifs is 7. The number of hydrogen-bond acceptors (Lipinski definition) is 8. The van der Waals surface area contributed by atoms with Gasteiger partial charge in [0, 0.05) is 46.9 Å². The van der Waals surface area contributed by atoms with Crippen molar-refractivity contribution in [3.8, 4) is 46.0 Å². The summed E-state index contributed by atoms with van der Waals surface area (Å²) >= 11 is 0. The average molecular weight is 515 g/mol. The molecule has 0 heterocycles. The number of phenolic OH excluding ortho intramolecular Hbond substituents is 6. The van der Waals surface area contributed by atoms with E-state index in [2.05, 4.69) is 0 Å². The van der Waals surface area contributed by atoms with E-state index in [-0.39, 0.29) is 51.9 Å². The Morgan fingerprint density at radius 3 is 1.58 bits per heavy atom. The Kier molecular flexibility index (Phi) is 5.24. The molecule has 6 N–H and O–H groups in total. The third kappa shape index (κ3) is 3.30. The minimum atomic E-state index is -0.524. The number of methoxy groups -OCH3 is 2. The Morgan fingerprint density at radius 2 is 1.00 bits per heavy atom. The number of aromatic hydroxyl groups is 6. The Morgan fingerprint density at radius 1 is 0.500 bits per heavy atom. The maximum Gasteiger partial charge on any atom is 0.160 e. The number of benzene rings is 4. The lowest BCUT2D eigenvalue weighted by Gasteiger charge is -2.40. The second-order valence-corrected chi connectivity index (χ2v) is 9.81. The first-order chi connectivity index (χ1) is 18.2. The Bertz CT molecular complexity index is 1590. The summed E-state index contributed by atoms with van der Waals surface area (Å²) in [5.74, 6) is -1.72. The molecule has 8 nitrogen and oxygen atoms in total. The highest BCUT2D eigenvalue weighted by atomic mass is 16.5. The normalized spacial score (nSPS) is 21.0. The van der Waals surface area contributed by atoms with Gasteiger partial charge in [-0.15, -0.1) is 0 Å². The first-order valence-electron chi connectivity index (χ1n) is 12.1. The van der Waals surface area contributed by atoms with E-state index in [1.165, 1.54) is 32.4 Å². The molecule has 8 heteroatoms. The summed E-state index contributed by atoms with van der Waals surface area (Å²) in [6.45, 7) is 0. The van der Waals surface area contributed by atoms with Crippen molar-refractivity contribution in [3.05, 3.63) is 94.0 Å². The highest BCUT2D eigenvalue weighted by Gasteiger charge is 2.54. The molecule has 2 bridgehead atoms. The van der Waals surface area contributed by atoms with Crippen LogP contribution in [0.15, 0.2) is 60.7 Å². The zero-order valence-corrected chi connectivity index (χ0v) is 20.6. The van der Waals surface area contributed by atoms with Gasteiger partial charge in [0.1, 0.15) is 23.0 Å². The third-order valence-corrected chi connectivity index (χ3v) is 7.92. The van der Waals surface area contributed by atoms with E-state index in [4.69, 9.17) is 9.47 Å². The highest BCUT2D eigenvalue weighted by Crippen LogP contribution is 2.69. The molecule has 0 saturated carbocycles. The van der Waals surface area contributed by atoms with Crippen LogP contribution in [-0.4, -0.2) is 44.9 Å². The molecule has 0 saturated heterocycles. The van der Waals surface area contributed by atoms with E-state index in [0.717, 1.165) is 11.1 Å². The second kappa shape index (κ2) is 8.41. The molecular weight excluding hydrogens is 488 g/mol. The minimum Gasteiger partial charge on any atom is -0.508 e. The van der Waals surface area contributed by atoms with E-state index in [0.29, 0.717) is 22.3 Å². The van der Waals surface area contributed by atoms with Gasteiger partial charge < -0.3 is 40.1 Å². The first-order valence-corrected chi connectivity index (χ1v) is 12.1. The zero-order valence-electron chi connectivity index (χ0n) is 20.6. The molecule has 2 aliphatic rings. The van der Waals surface area contributed by atoms with Crippen LogP contribution in [0.4, 0.5) is 0 Å².